The van der Waals surface area contributed by atoms with Gasteiger partial charge in [-0.15, -0.1) is 0 Å². The van der Waals surface area contributed by atoms with E-state index in [2.05, 4.69) is 0 Å². The number of rotatable bonds is 4. The summed E-state index contributed by atoms with van der Waals surface area (Å²) < 4.78 is 11.0. The number of benzene rings is 3. The van der Waals surface area contributed by atoms with E-state index < -0.39 is 16.8 Å². The van der Waals surface area contributed by atoms with E-state index in [1.54, 1.807) is 25.1 Å². The van der Waals surface area contributed by atoms with Crippen molar-refractivity contribution in [3.63, 3.8) is 0 Å². The number of carbonyl (C=O) groups is 1. The first-order chi connectivity index (χ1) is 14.0. The number of hydrogen-bond acceptors (Lipinski definition) is 6. The molecule has 0 amide bonds. The summed E-state index contributed by atoms with van der Waals surface area (Å²) >= 11 is 0. The third kappa shape index (κ3) is 3.06. The fourth-order valence-electron chi connectivity index (χ4n) is 3.71. The molecule has 0 radical (unpaired) electrons. The lowest BCUT2D eigenvalue weighted by atomic mass is 9.81. The van der Waals surface area contributed by atoms with E-state index in [9.17, 15) is 14.9 Å². The van der Waals surface area contributed by atoms with Crippen LogP contribution in [0.15, 0.2) is 72.1 Å². The van der Waals surface area contributed by atoms with E-state index in [1.807, 2.05) is 36.4 Å². The smallest absolute Gasteiger partial charge is 0.340 e. The van der Waals surface area contributed by atoms with Crippen LogP contribution in [0, 0.1) is 10.1 Å². The Morgan fingerprint density at radius 3 is 2.59 bits per heavy atom. The van der Waals surface area contributed by atoms with Crippen LogP contribution in [0.1, 0.15) is 24.0 Å². The summed E-state index contributed by atoms with van der Waals surface area (Å²) in [7, 11) is 0. The molecule has 0 aromatic heterocycles. The standard InChI is InChI=1S/C22H18N2O5/c1-2-28-22(25)19-18(15-9-5-6-10-17(15)24(26)27)16-12-11-13-7-3-4-8-14(13)20(16)29-21(19)23/h3-12,18H,2,23H2,1H3. The van der Waals surface area contributed by atoms with Gasteiger partial charge in [0.15, 0.2) is 0 Å². The molecule has 1 unspecified atom stereocenters. The largest absolute Gasteiger partial charge is 0.462 e. The predicted octanol–water partition coefficient (Wildman–Crippen LogP) is 4.01. The van der Waals surface area contributed by atoms with E-state index in [0.29, 0.717) is 16.9 Å². The van der Waals surface area contributed by atoms with Crippen molar-refractivity contribution in [2.24, 2.45) is 5.73 Å². The second-order valence-corrected chi connectivity index (χ2v) is 6.55. The molecule has 2 N–H and O–H groups in total. The maximum atomic E-state index is 12.7. The fraction of sp³-hybridized carbons (Fsp3) is 0.136. The van der Waals surface area contributed by atoms with Crippen LogP contribution >= 0.6 is 0 Å². The van der Waals surface area contributed by atoms with Crippen LogP contribution < -0.4 is 10.5 Å². The highest BCUT2D eigenvalue weighted by Gasteiger charge is 2.39. The molecule has 146 valence electrons. The molecular weight excluding hydrogens is 372 g/mol. The maximum Gasteiger partial charge on any atom is 0.340 e. The monoisotopic (exact) mass is 390 g/mol. The van der Waals surface area contributed by atoms with E-state index in [-0.39, 0.29) is 23.8 Å². The van der Waals surface area contributed by atoms with Crippen LogP contribution in [0.25, 0.3) is 10.8 Å². The van der Waals surface area contributed by atoms with Gasteiger partial charge in [0.1, 0.15) is 11.3 Å². The van der Waals surface area contributed by atoms with Gasteiger partial charge in [0.25, 0.3) is 5.69 Å². The van der Waals surface area contributed by atoms with Crippen molar-refractivity contribution in [2.75, 3.05) is 6.61 Å². The van der Waals surface area contributed by atoms with Gasteiger partial charge in [0.2, 0.25) is 5.88 Å². The number of nitrogens with two attached hydrogens (primary N) is 1. The van der Waals surface area contributed by atoms with Crippen molar-refractivity contribution in [3.05, 3.63) is 93.4 Å². The van der Waals surface area contributed by atoms with Gasteiger partial charge < -0.3 is 15.2 Å². The lowest BCUT2D eigenvalue weighted by Crippen LogP contribution is -2.28. The van der Waals surface area contributed by atoms with Gasteiger partial charge in [0, 0.05) is 22.6 Å². The SMILES string of the molecule is CCOC(=O)C1=C(N)Oc2c(ccc3ccccc23)C1c1ccccc1[N+](=O)[O-]. The Kier molecular flexibility index (Phi) is 4.64. The molecule has 1 aliphatic heterocycles. The summed E-state index contributed by atoms with van der Waals surface area (Å²) in [6.07, 6.45) is 0. The lowest BCUT2D eigenvalue weighted by Gasteiger charge is -2.29. The van der Waals surface area contributed by atoms with Crippen LogP contribution in [0.4, 0.5) is 5.69 Å². The number of fused-ring (bicyclic) bond motifs is 3. The second kappa shape index (κ2) is 7.27. The Bertz CT molecular complexity index is 1170. The topological polar surface area (TPSA) is 105 Å². The van der Waals surface area contributed by atoms with E-state index >= 15 is 0 Å². The van der Waals surface area contributed by atoms with Gasteiger partial charge in [-0.2, -0.15) is 0 Å². The normalized spacial score (nSPS) is 15.6. The zero-order chi connectivity index (χ0) is 20.5. The second-order valence-electron chi connectivity index (χ2n) is 6.55. The minimum atomic E-state index is -0.788. The molecule has 29 heavy (non-hydrogen) atoms. The Hall–Kier alpha value is -3.87. The highest BCUT2D eigenvalue weighted by molar-refractivity contribution is 5.96. The summed E-state index contributed by atoms with van der Waals surface area (Å²) in [6.45, 7) is 1.82. The van der Waals surface area contributed by atoms with Gasteiger partial charge in [-0.1, -0.05) is 54.6 Å². The molecule has 0 saturated carbocycles. The molecule has 3 aromatic rings. The van der Waals surface area contributed by atoms with Crippen LogP contribution in [0.5, 0.6) is 5.75 Å². The van der Waals surface area contributed by atoms with Gasteiger partial charge in [-0.05, 0) is 12.3 Å². The predicted molar refractivity (Wildman–Crippen MR) is 107 cm³/mol. The molecule has 0 fully saturated rings. The van der Waals surface area contributed by atoms with Gasteiger partial charge in [-0.3, -0.25) is 10.1 Å². The van der Waals surface area contributed by atoms with Gasteiger partial charge in [0.05, 0.1) is 17.4 Å². The van der Waals surface area contributed by atoms with Crippen molar-refractivity contribution in [3.8, 4) is 5.75 Å². The highest BCUT2D eigenvalue weighted by atomic mass is 16.6. The molecule has 1 aliphatic rings. The highest BCUT2D eigenvalue weighted by Crippen LogP contribution is 2.47. The van der Waals surface area contributed by atoms with Crippen molar-refractivity contribution in [2.45, 2.75) is 12.8 Å². The molecule has 3 aromatic carbocycles. The van der Waals surface area contributed by atoms with Crippen molar-refractivity contribution in [1.29, 1.82) is 0 Å². The quantitative estimate of drug-likeness (QED) is 0.410. The molecule has 0 bridgehead atoms. The number of nitro groups is 1. The molecule has 1 heterocycles. The van der Waals surface area contributed by atoms with Crippen molar-refractivity contribution in [1.82, 2.24) is 0 Å². The van der Waals surface area contributed by atoms with Crippen molar-refractivity contribution < 1.29 is 19.2 Å². The summed E-state index contributed by atoms with van der Waals surface area (Å²) in [5, 5.41) is 13.4. The molecule has 0 aliphatic carbocycles. The minimum absolute atomic E-state index is 0.0592. The number of ether oxygens (including phenoxy) is 2. The maximum absolute atomic E-state index is 12.7. The van der Waals surface area contributed by atoms with E-state index in [0.717, 1.165) is 10.8 Å². The molecule has 7 heteroatoms. The summed E-state index contributed by atoms with van der Waals surface area (Å²) in [5.41, 5.74) is 7.08. The molecule has 0 spiro atoms. The zero-order valence-electron chi connectivity index (χ0n) is 15.6. The Morgan fingerprint density at radius 1 is 1.10 bits per heavy atom. The number of nitrogens with zero attached hydrogens (tertiary/aromatic N) is 1. The third-order valence-electron chi connectivity index (χ3n) is 4.93. The summed E-state index contributed by atoms with van der Waals surface area (Å²) in [5.74, 6) is -1.08. The molecule has 4 rings (SSSR count). The number of hydrogen-bond donors (Lipinski definition) is 1. The number of esters is 1. The molecule has 7 nitrogen and oxygen atoms in total. The third-order valence-corrected chi connectivity index (χ3v) is 4.93. The van der Waals surface area contributed by atoms with Crippen LogP contribution in [-0.2, 0) is 9.53 Å². The number of carbonyl (C=O) groups excluding carboxylic acids is 1. The minimum Gasteiger partial charge on any atom is -0.462 e. The number of para-hydroxylation sites is 1. The van der Waals surface area contributed by atoms with E-state index in [1.165, 1.54) is 6.07 Å². The van der Waals surface area contributed by atoms with E-state index in [4.69, 9.17) is 15.2 Å². The van der Waals surface area contributed by atoms with Crippen LogP contribution in [0.2, 0.25) is 0 Å². The zero-order valence-corrected chi connectivity index (χ0v) is 15.6. The Morgan fingerprint density at radius 2 is 1.83 bits per heavy atom. The number of nitro benzene ring substituents is 1. The molecule has 0 saturated heterocycles. The lowest BCUT2D eigenvalue weighted by molar-refractivity contribution is -0.385. The van der Waals surface area contributed by atoms with Crippen molar-refractivity contribution >= 4 is 22.4 Å². The van der Waals surface area contributed by atoms with Crippen LogP contribution in [-0.4, -0.2) is 17.5 Å². The molecule has 1 atom stereocenters. The first kappa shape index (κ1) is 18.5. The van der Waals surface area contributed by atoms with Gasteiger partial charge >= 0.3 is 5.97 Å². The van der Waals surface area contributed by atoms with Gasteiger partial charge in [-0.25, -0.2) is 4.79 Å². The average Bonchev–Trinajstić information content (AvgIpc) is 2.72. The average molecular weight is 390 g/mol. The fourth-order valence-corrected chi connectivity index (χ4v) is 3.71. The first-order valence-electron chi connectivity index (χ1n) is 9.12. The Labute approximate surface area is 166 Å². The molecular formula is C22H18N2O5. The first-order valence-corrected chi connectivity index (χ1v) is 9.12. The summed E-state index contributed by atoms with van der Waals surface area (Å²) in [4.78, 5) is 24.0. The van der Waals surface area contributed by atoms with Crippen LogP contribution in [0.3, 0.4) is 0 Å². The Balaban J connectivity index is 2.03. The summed E-state index contributed by atoms with van der Waals surface area (Å²) in [6, 6.07) is 17.6.